The zero-order valence-electron chi connectivity index (χ0n) is 18.0. The second kappa shape index (κ2) is 9.96. The van der Waals surface area contributed by atoms with Crippen molar-refractivity contribution in [1.82, 2.24) is 4.90 Å². The highest BCUT2D eigenvalue weighted by atomic mass is 16.6. The van der Waals surface area contributed by atoms with Crippen molar-refractivity contribution >= 4 is 17.7 Å². The van der Waals surface area contributed by atoms with Crippen LogP contribution < -0.4 is 4.90 Å². The van der Waals surface area contributed by atoms with Gasteiger partial charge in [-0.15, -0.1) is 0 Å². The van der Waals surface area contributed by atoms with Gasteiger partial charge in [0.05, 0.1) is 19.6 Å². The molecule has 0 N–H and O–H groups in total. The highest BCUT2D eigenvalue weighted by molar-refractivity contribution is 5.87. The lowest BCUT2D eigenvalue weighted by atomic mass is 9.86. The summed E-state index contributed by atoms with van der Waals surface area (Å²) in [5, 5.41) is 0. The zero-order valence-corrected chi connectivity index (χ0v) is 18.0. The molecule has 6 nitrogen and oxygen atoms in total. The number of anilines is 1. The summed E-state index contributed by atoms with van der Waals surface area (Å²) in [4.78, 5) is 29.0. The van der Waals surface area contributed by atoms with Gasteiger partial charge in [0.25, 0.3) is 0 Å². The minimum atomic E-state index is -0.305. The Morgan fingerprint density at radius 2 is 1.68 bits per heavy atom. The molecule has 3 aliphatic rings. The van der Waals surface area contributed by atoms with Gasteiger partial charge < -0.3 is 9.47 Å². The number of para-hydroxylation sites is 1. The van der Waals surface area contributed by atoms with Crippen LogP contribution in [0.2, 0.25) is 0 Å². The molecule has 5 rings (SSSR count). The van der Waals surface area contributed by atoms with Gasteiger partial charge in [0.1, 0.15) is 6.10 Å². The van der Waals surface area contributed by atoms with Gasteiger partial charge in [-0.25, -0.2) is 4.79 Å². The smallest absolute Gasteiger partial charge is 0.414 e. The van der Waals surface area contributed by atoms with Gasteiger partial charge in [-0.3, -0.25) is 14.6 Å². The molecule has 0 saturated carbocycles. The summed E-state index contributed by atoms with van der Waals surface area (Å²) in [7, 11) is 0. The van der Waals surface area contributed by atoms with E-state index in [0.717, 1.165) is 49.3 Å². The van der Waals surface area contributed by atoms with E-state index in [0.29, 0.717) is 19.1 Å². The van der Waals surface area contributed by atoms with Crippen LogP contribution >= 0.6 is 0 Å². The number of carbonyl (C=O) groups excluding carboxylic acids is 2. The van der Waals surface area contributed by atoms with E-state index in [1.807, 2.05) is 54.6 Å². The first-order valence-electron chi connectivity index (χ1n) is 11.1. The number of ether oxygens (including phenoxy) is 2. The number of carbonyl (C=O) groups is 2. The number of nitrogens with zero attached hydrogens (tertiary/aromatic N) is 2. The van der Waals surface area contributed by atoms with Crippen molar-refractivity contribution in [1.29, 1.82) is 0 Å². The molecule has 3 saturated heterocycles. The largest absolute Gasteiger partial charge is 0.466 e. The molecule has 2 aromatic rings. The fraction of sp³-hybridized carbons (Fsp3) is 0.440. The first-order chi connectivity index (χ1) is 15.1. The highest BCUT2D eigenvalue weighted by Gasteiger charge is 2.37. The summed E-state index contributed by atoms with van der Waals surface area (Å²) >= 11 is 0. The molecular formula is C25H30N2O4. The average molecular weight is 423 g/mol. The normalized spacial score (nSPS) is 22.0. The number of rotatable bonds is 7. The van der Waals surface area contributed by atoms with E-state index in [9.17, 15) is 9.59 Å². The van der Waals surface area contributed by atoms with Crippen LogP contribution in [-0.2, 0) is 27.2 Å². The van der Waals surface area contributed by atoms with Crippen LogP contribution in [0.25, 0.3) is 0 Å². The van der Waals surface area contributed by atoms with Crippen molar-refractivity contribution in [3.05, 3.63) is 65.7 Å². The lowest BCUT2D eigenvalue weighted by Gasteiger charge is -2.44. The summed E-state index contributed by atoms with van der Waals surface area (Å²) in [5.74, 6) is 0.232. The average Bonchev–Trinajstić information content (AvgIpc) is 2.80. The Morgan fingerprint density at radius 3 is 2.29 bits per heavy atom. The predicted molar refractivity (Wildman–Crippen MR) is 119 cm³/mol. The number of hydrogen-bond acceptors (Lipinski definition) is 5. The van der Waals surface area contributed by atoms with E-state index in [4.69, 9.17) is 9.47 Å². The van der Waals surface area contributed by atoms with Gasteiger partial charge in [0.2, 0.25) is 0 Å². The van der Waals surface area contributed by atoms with Crippen LogP contribution in [0.15, 0.2) is 54.6 Å². The monoisotopic (exact) mass is 422 g/mol. The second-order valence-electron chi connectivity index (χ2n) is 8.28. The number of amides is 1. The summed E-state index contributed by atoms with van der Waals surface area (Å²) in [6.45, 7) is 5.64. The summed E-state index contributed by atoms with van der Waals surface area (Å²) in [6, 6.07) is 17.4. The summed E-state index contributed by atoms with van der Waals surface area (Å²) in [6.07, 6.45) is 2.11. The molecule has 1 atom stereocenters. The molecule has 3 fully saturated rings. The molecule has 1 amide bonds. The van der Waals surface area contributed by atoms with Gasteiger partial charge in [0, 0.05) is 12.2 Å². The maximum atomic E-state index is 13.2. The van der Waals surface area contributed by atoms with Gasteiger partial charge >= 0.3 is 12.1 Å². The molecule has 0 radical (unpaired) electrons. The van der Waals surface area contributed by atoms with Gasteiger partial charge in [-0.05, 0) is 62.0 Å². The van der Waals surface area contributed by atoms with E-state index >= 15 is 0 Å². The Hall–Kier alpha value is -2.86. The number of fused-ring (bicyclic) bond motifs is 3. The SMILES string of the molecule is CCOC(=O)Cc1ccc(CN(C(=O)O[C@H]2CN3CCC2CC3)c2ccccc2)cc1. The van der Waals surface area contributed by atoms with Crippen LogP contribution in [0.5, 0.6) is 0 Å². The van der Waals surface area contributed by atoms with Crippen molar-refractivity contribution in [2.24, 2.45) is 5.92 Å². The third-order valence-corrected chi connectivity index (χ3v) is 6.15. The molecule has 6 heteroatoms. The van der Waals surface area contributed by atoms with Crippen molar-refractivity contribution in [3.8, 4) is 0 Å². The van der Waals surface area contributed by atoms with Crippen LogP contribution in [-0.4, -0.2) is 49.3 Å². The molecule has 31 heavy (non-hydrogen) atoms. The number of benzene rings is 2. The minimum Gasteiger partial charge on any atom is -0.466 e. The molecular weight excluding hydrogens is 392 g/mol. The quantitative estimate of drug-likeness (QED) is 0.631. The fourth-order valence-corrected chi connectivity index (χ4v) is 4.43. The predicted octanol–water partition coefficient (Wildman–Crippen LogP) is 4.03. The summed E-state index contributed by atoms with van der Waals surface area (Å²) < 4.78 is 11.0. The molecule has 0 aliphatic carbocycles. The molecule has 0 aromatic heterocycles. The molecule has 3 heterocycles. The molecule has 2 bridgehead atoms. The molecule has 0 spiro atoms. The standard InChI is InChI=1S/C25H30N2O4/c1-2-30-24(28)16-19-8-10-20(11-9-19)17-27(22-6-4-3-5-7-22)25(29)31-23-18-26-14-12-21(23)13-15-26/h3-11,21,23H,2,12-18H2,1H3/t23-/m0/s1. The third kappa shape index (κ3) is 5.44. The third-order valence-electron chi connectivity index (χ3n) is 6.15. The fourth-order valence-electron chi connectivity index (χ4n) is 4.43. The van der Waals surface area contributed by atoms with Gasteiger partial charge in [-0.2, -0.15) is 0 Å². The number of hydrogen-bond donors (Lipinski definition) is 0. The van der Waals surface area contributed by atoms with Crippen LogP contribution in [0, 0.1) is 5.92 Å². The van der Waals surface area contributed by atoms with E-state index in [-0.39, 0.29) is 24.6 Å². The molecule has 164 valence electrons. The Bertz CT molecular complexity index is 876. The highest BCUT2D eigenvalue weighted by Crippen LogP contribution is 2.30. The lowest BCUT2D eigenvalue weighted by molar-refractivity contribution is -0.142. The zero-order chi connectivity index (χ0) is 21.6. The van der Waals surface area contributed by atoms with Gasteiger partial charge in [-0.1, -0.05) is 42.5 Å². The molecule has 0 unspecified atom stereocenters. The second-order valence-corrected chi connectivity index (χ2v) is 8.28. The minimum absolute atomic E-state index is 0.0341. The van der Waals surface area contributed by atoms with Crippen molar-refractivity contribution in [3.63, 3.8) is 0 Å². The van der Waals surface area contributed by atoms with Gasteiger partial charge in [0.15, 0.2) is 0 Å². The van der Waals surface area contributed by atoms with Crippen LogP contribution in [0.3, 0.4) is 0 Å². The van der Waals surface area contributed by atoms with E-state index in [1.165, 1.54) is 0 Å². The van der Waals surface area contributed by atoms with Crippen molar-refractivity contribution in [2.75, 3.05) is 31.1 Å². The molecule has 3 aliphatic heterocycles. The maximum Gasteiger partial charge on any atom is 0.414 e. The Kier molecular flexibility index (Phi) is 6.87. The van der Waals surface area contributed by atoms with Crippen molar-refractivity contribution < 1.29 is 19.1 Å². The van der Waals surface area contributed by atoms with Crippen LogP contribution in [0.4, 0.5) is 10.5 Å². The van der Waals surface area contributed by atoms with E-state index < -0.39 is 0 Å². The first-order valence-corrected chi connectivity index (χ1v) is 11.1. The topological polar surface area (TPSA) is 59.1 Å². The maximum absolute atomic E-state index is 13.2. The Labute approximate surface area is 183 Å². The Balaban J connectivity index is 1.45. The van der Waals surface area contributed by atoms with E-state index in [1.54, 1.807) is 11.8 Å². The van der Waals surface area contributed by atoms with Crippen LogP contribution in [0.1, 0.15) is 30.9 Å². The van der Waals surface area contributed by atoms with Crippen molar-refractivity contribution in [2.45, 2.75) is 38.8 Å². The summed E-state index contributed by atoms with van der Waals surface area (Å²) in [5.41, 5.74) is 2.68. The Morgan fingerprint density at radius 1 is 1.00 bits per heavy atom. The van der Waals surface area contributed by atoms with E-state index in [2.05, 4.69) is 4.90 Å². The molecule has 2 aromatic carbocycles. The lowest BCUT2D eigenvalue weighted by Crippen LogP contribution is -2.53. The number of esters is 1. The first kappa shape index (κ1) is 21.4. The number of piperidine rings is 3.